The summed E-state index contributed by atoms with van der Waals surface area (Å²) in [6, 6.07) is 7.20. The average Bonchev–Trinajstić information content (AvgIpc) is 3.65. The Morgan fingerprint density at radius 3 is 2.64 bits per heavy atom. The maximum absolute atomic E-state index is 12.8. The number of hydrogen-bond acceptors (Lipinski definition) is 8. The number of carbonyl (C=O) groups is 2. The molecule has 0 saturated carbocycles. The molecule has 10 heteroatoms. The van der Waals surface area contributed by atoms with Crippen molar-refractivity contribution in [2.75, 3.05) is 50.7 Å². The minimum absolute atomic E-state index is 0.0299. The Morgan fingerprint density at radius 1 is 1.15 bits per heavy atom. The van der Waals surface area contributed by atoms with Crippen LogP contribution in [0.15, 0.2) is 39.5 Å². The summed E-state index contributed by atoms with van der Waals surface area (Å²) < 4.78 is 11.1. The number of Topliss-reactive ketones (excluding diaryl/α,β-unsaturated/α-hetero) is 1. The number of nitrogens with one attached hydrogen (secondary N) is 1. The molecule has 0 bridgehead atoms. The highest BCUT2D eigenvalue weighted by atomic mass is 16.4. The van der Waals surface area contributed by atoms with Gasteiger partial charge in [-0.1, -0.05) is 0 Å². The van der Waals surface area contributed by atoms with Gasteiger partial charge in [0.05, 0.1) is 12.8 Å². The van der Waals surface area contributed by atoms with Gasteiger partial charge in [0.25, 0.3) is 11.8 Å². The van der Waals surface area contributed by atoms with E-state index in [1.54, 1.807) is 24.4 Å². The summed E-state index contributed by atoms with van der Waals surface area (Å²) in [6.07, 6.45) is 5.19. The Kier molecular flexibility index (Phi) is 5.71. The van der Waals surface area contributed by atoms with E-state index in [9.17, 15) is 14.9 Å². The zero-order chi connectivity index (χ0) is 22.8. The van der Waals surface area contributed by atoms with E-state index >= 15 is 0 Å². The van der Waals surface area contributed by atoms with E-state index in [2.05, 4.69) is 20.9 Å². The van der Waals surface area contributed by atoms with Crippen LogP contribution in [-0.4, -0.2) is 77.3 Å². The van der Waals surface area contributed by atoms with Crippen LogP contribution in [0, 0.1) is 11.3 Å². The minimum Gasteiger partial charge on any atom is -0.459 e. The van der Waals surface area contributed by atoms with Crippen molar-refractivity contribution in [3.05, 3.63) is 47.6 Å². The van der Waals surface area contributed by atoms with Crippen LogP contribution in [0.5, 0.6) is 0 Å². The predicted octanol–water partition coefficient (Wildman–Crippen LogP) is 2.38. The summed E-state index contributed by atoms with van der Waals surface area (Å²) in [5.41, 5.74) is 1.20. The number of carbonyl (C=O) groups excluding carboxylic acids is 2. The van der Waals surface area contributed by atoms with Gasteiger partial charge in [0.2, 0.25) is 11.6 Å². The van der Waals surface area contributed by atoms with Gasteiger partial charge in [-0.25, -0.2) is 0 Å². The molecule has 5 rings (SSSR count). The van der Waals surface area contributed by atoms with Crippen molar-refractivity contribution in [3.63, 3.8) is 0 Å². The number of aromatic amines is 1. The number of piperazine rings is 1. The summed E-state index contributed by atoms with van der Waals surface area (Å²) in [7, 11) is 0. The van der Waals surface area contributed by atoms with Crippen molar-refractivity contribution in [2.24, 2.45) is 0 Å². The van der Waals surface area contributed by atoms with Gasteiger partial charge in [0.15, 0.2) is 11.5 Å². The van der Waals surface area contributed by atoms with Crippen molar-refractivity contribution in [3.8, 4) is 17.7 Å². The topological polar surface area (TPSA) is 123 Å². The molecule has 2 saturated heterocycles. The highest BCUT2D eigenvalue weighted by Gasteiger charge is 2.27. The van der Waals surface area contributed by atoms with Gasteiger partial charge in [-0.05, 0) is 31.0 Å². The highest BCUT2D eigenvalue weighted by molar-refractivity contribution is 6.01. The lowest BCUT2D eigenvalue weighted by molar-refractivity contribution is 0.0787. The average molecular weight is 448 g/mol. The number of nitriles is 1. The van der Waals surface area contributed by atoms with Crippen LogP contribution in [0.1, 0.15) is 39.4 Å². The zero-order valence-corrected chi connectivity index (χ0v) is 18.1. The van der Waals surface area contributed by atoms with Crippen molar-refractivity contribution in [1.82, 2.24) is 19.8 Å². The molecule has 0 aromatic carbocycles. The maximum atomic E-state index is 12.8. The first-order valence-electron chi connectivity index (χ1n) is 11.1. The third-order valence-electron chi connectivity index (χ3n) is 6.10. The molecular weight excluding hydrogens is 424 g/mol. The predicted molar refractivity (Wildman–Crippen MR) is 118 cm³/mol. The van der Waals surface area contributed by atoms with E-state index in [4.69, 9.17) is 8.83 Å². The van der Waals surface area contributed by atoms with Gasteiger partial charge in [-0.3, -0.25) is 14.5 Å². The summed E-state index contributed by atoms with van der Waals surface area (Å²) in [4.78, 5) is 38.3. The van der Waals surface area contributed by atoms with Gasteiger partial charge in [0.1, 0.15) is 11.8 Å². The molecule has 5 heterocycles. The number of H-pyrrole nitrogens is 1. The first-order chi connectivity index (χ1) is 16.1. The standard InChI is InChI=1S/C23H24N6O4/c24-13-18-23(33-21(26-18)20-4-3-11-32-20)29-9-7-27(8-10-29)15-19(30)16-12-17(25-14-16)22(31)28-5-1-2-6-28/h3-4,11-12,14,25H,1-2,5-10,15H2. The lowest BCUT2D eigenvalue weighted by atomic mass is 10.2. The lowest BCUT2D eigenvalue weighted by Gasteiger charge is -2.33. The molecule has 170 valence electrons. The molecule has 2 aliphatic heterocycles. The monoisotopic (exact) mass is 448 g/mol. The minimum atomic E-state index is -0.0468. The fourth-order valence-corrected chi connectivity index (χ4v) is 4.28. The second-order valence-corrected chi connectivity index (χ2v) is 8.25. The SMILES string of the molecule is N#Cc1nc(-c2ccco2)oc1N1CCN(CC(=O)c2c[nH]c(C(=O)N3CCCC3)c2)CC1. The molecule has 0 radical (unpaired) electrons. The van der Waals surface area contributed by atoms with Gasteiger partial charge in [0, 0.05) is 51.0 Å². The number of furan rings is 1. The second-order valence-electron chi connectivity index (χ2n) is 8.25. The van der Waals surface area contributed by atoms with Crippen LogP contribution >= 0.6 is 0 Å². The number of anilines is 1. The number of oxazole rings is 1. The smallest absolute Gasteiger partial charge is 0.270 e. The number of ketones is 1. The Labute approximate surface area is 190 Å². The molecular formula is C23H24N6O4. The van der Waals surface area contributed by atoms with E-state index in [1.165, 1.54) is 6.26 Å². The molecule has 33 heavy (non-hydrogen) atoms. The molecule has 2 fully saturated rings. The Bertz CT molecular complexity index is 1170. The van der Waals surface area contributed by atoms with Crippen LogP contribution in [-0.2, 0) is 0 Å². The first kappa shape index (κ1) is 21.0. The van der Waals surface area contributed by atoms with Gasteiger partial charge in [-0.2, -0.15) is 10.2 Å². The molecule has 0 aliphatic carbocycles. The largest absolute Gasteiger partial charge is 0.459 e. The van der Waals surface area contributed by atoms with Crippen molar-refractivity contribution >= 4 is 17.6 Å². The van der Waals surface area contributed by atoms with E-state index in [1.807, 2.05) is 9.80 Å². The van der Waals surface area contributed by atoms with Gasteiger partial charge in [-0.15, -0.1) is 0 Å². The fraction of sp³-hybridized carbons (Fsp3) is 0.391. The van der Waals surface area contributed by atoms with Crippen molar-refractivity contribution in [2.45, 2.75) is 12.8 Å². The van der Waals surface area contributed by atoms with Crippen LogP contribution in [0.4, 0.5) is 5.88 Å². The number of hydrogen-bond donors (Lipinski definition) is 1. The normalized spacial score (nSPS) is 16.8. The van der Waals surface area contributed by atoms with Gasteiger partial charge >= 0.3 is 0 Å². The third kappa shape index (κ3) is 4.27. The van der Waals surface area contributed by atoms with Gasteiger partial charge < -0.3 is 23.6 Å². The first-order valence-corrected chi connectivity index (χ1v) is 11.1. The molecule has 1 amide bonds. The van der Waals surface area contributed by atoms with E-state index in [0.717, 1.165) is 25.9 Å². The zero-order valence-electron chi connectivity index (χ0n) is 18.1. The molecule has 3 aromatic rings. The third-order valence-corrected chi connectivity index (χ3v) is 6.10. The summed E-state index contributed by atoms with van der Waals surface area (Å²) in [6.45, 7) is 4.28. The van der Waals surface area contributed by atoms with Crippen LogP contribution in [0.25, 0.3) is 11.7 Å². The molecule has 2 aliphatic rings. The van der Waals surface area contributed by atoms with Crippen LogP contribution < -0.4 is 4.90 Å². The molecule has 3 aromatic heterocycles. The second kappa shape index (κ2) is 8.96. The maximum Gasteiger partial charge on any atom is 0.270 e. The Morgan fingerprint density at radius 2 is 1.94 bits per heavy atom. The molecule has 0 spiro atoms. The van der Waals surface area contributed by atoms with E-state index < -0.39 is 0 Å². The molecule has 0 atom stereocenters. The summed E-state index contributed by atoms with van der Waals surface area (Å²) in [5, 5.41) is 9.45. The molecule has 10 nitrogen and oxygen atoms in total. The number of aromatic nitrogens is 2. The Hall–Kier alpha value is -3.84. The fourth-order valence-electron chi connectivity index (χ4n) is 4.28. The molecule has 1 N–H and O–H groups in total. The number of nitrogens with zero attached hydrogens (tertiary/aromatic N) is 5. The quantitative estimate of drug-likeness (QED) is 0.570. The van der Waals surface area contributed by atoms with Crippen molar-refractivity contribution in [1.29, 1.82) is 5.26 Å². The number of amides is 1. The Balaban J connectivity index is 1.18. The summed E-state index contributed by atoms with van der Waals surface area (Å²) in [5.74, 6) is 1.09. The van der Waals surface area contributed by atoms with E-state index in [0.29, 0.717) is 49.1 Å². The molecule has 0 unspecified atom stereocenters. The highest BCUT2D eigenvalue weighted by Crippen LogP contribution is 2.29. The van der Waals surface area contributed by atoms with Crippen LogP contribution in [0.3, 0.4) is 0 Å². The van der Waals surface area contributed by atoms with Crippen molar-refractivity contribution < 1.29 is 18.4 Å². The number of rotatable bonds is 6. The number of likely N-dealkylation sites (tertiary alicyclic amines) is 1. The van der Waals surface area contributed by atoms with E-state index in [-0.39, 0.29) is 29.8 Å². The summed E-state index contributed by atoms with van der Waals surface area (Å²) >= 11 is 0. The lowest BCUT2D eigenvalue weighted by Crippen LogP contribution is -2.48. The van der Waals surface area contributed by atoms with Crippen LogP contribution in [0.2, 0.25) is 0 Å².